The molecule has 0 aliphatic carbocycles. The number of hydrogen-bond acceptors (Lipinski definition) is 8. The molecule has 0 radical (unpaired) electrons. The highest BCUT2D eigenvalue weighted by Crippen LogP contribution is 2.48. The van der Waals surface area contributed by atoms with E-state index in [4.69, 9.17) is 0 Å². The Kier molecular flexibility index (Phi) is 11.3. The number of carbonyl (C=O) groups excluding carboxylic acids is 4. The average molecular weight is 483 g/mol. The van der Waals surface area contributed by atoms with Gasteiger partial charge in [-0.2, -0.15) is 0 Å². The minimum Gasteiger partial charge on any atom is -0.380 e. The van der Waals surface area contributed by atoms with E-state index in [1.165, 1.54) is 27.7 Å². The Bertz CT molecular complexity index is 733. The van der Waals surface area contributed by atoms with Crippen molar-refractivity contribution in [2.75, 3.05) is 0 Å². The van der Waals surface area contributed by atoms with Crippen LogP contribution in [0.15, 0.2) is 48.6 Å². The van der Waals surface area contributed by atoms with Crippen LogP contribution < -0.4 is 0 Å². The highest BCUT2D eigenvalue weighted by Gasteiger charge is 2.53. The van der Waals surface area contributed by atoms with Gasteiger partial charge in [0.25, 0.3) is 0 Å². The van der Waals surface area contributed by atoms with Crippen LogP contribution in [0.1, 0.15) is 54.4 Å². The predicted octanol–water partition coefficient (Wildman–Crippen LogP) is 4.38. The van der Waals surface area contributed by atoms with Crippen molar-refractivity contribution in [2.24, 2.45) is 10.8 Å². The van der Waals surface area contributed by atoms with E-state index in [1.807, 2.05) is 0 Å². The van der Waals surface area contributed by atoms with Crippen molar-refractivity contribution >= 4 is 44.7 Å². The molecule has 0 spiro atoms. The van der Waals surface area contributed by atoms with E-state index in [0.29, 0.717) is 21.6 Å². The second-order valence-corrected chi connectivity index (χ2v) is 10.4. The zero-order valence-electron chi connectivity index (χ0n) is 19.7. The first kappa shape index (κ1) is 30.3. The Morgan fingerprint density at radius 2 is 0.812 bits per heavy atom. The third kappa shape index (κ3) is 5.60. The lowest BCUT2D eigenvalue weighted by Gasteiger charge is -2.37. The Balaban J connectivity index is 6.30. The number of rotatable bonds is 15. The highest BCUT2D eigenvalue weighted by molar-refractivity contribution is 8.77. The second kappa shape index (κ2) is 11.9. The average Bonchev–Trinajstić information content (AvgIpc) is 2.72. The minimum absolute atomic E-state index is 0.0382. The van der Waals surface area contributed by atoms with Crippen LogP contribution in [0.4, 0.5) is 0 Å². The normalized spacial score (nSPS) is 13.6. The molecule has 0 saturated heterocycles. The summed E-state index contributed by atoms with van der Waals surface area (Å²) in [5.41, 5.74) is -6.57. The second-order valence-electron chi connectivity index (χ2n) is 7.98. The molecule has 0 aliphatic heterocycles. The van der Waals surface area contributed by atoms with Crippen molar-refractivity contribution in [3.05, 3.63) is 48.6 Å². The molecule has 2 unspecified atom stereocenters. The summed E-state index contributed by atoms with van der Waals surface area (Å²) in [7, 11) is 1.29. The lowest BCUT2D eigenvalue weighted by atomic mass is 9.73. The van der Waals surface area contributed by atoms with Crippen molar-refractivity contribution in [3.63, 3.8) is 0 Å². The van der Waals surface area contributed by atoms with Crippen molar-refractivity contribution in [2.45, 2.75) is 65.3 Å². The van der Waals surface area contributed by atoms with Crippen molar-refractivity contribution in [1.29, 1.82) is 0 Å². The third-order valence-corrected chi connectivity index (χ3v) is 8.08. The van der Waals surface area contributed by atoms with Crippen LogP contribution in [0.25, 0.3) is 0 Å². The monoisotopic (exact) mass is 482 g/mol. The van der Waals surface area contributed by atoms with Gasteiger partial charge in [-0.3, -0.25) is 19.2 Å². The predicted molar refractivity (Wildman–Crippen MR) is 132 cm³/mol. The minimum atomic E-state index is -1.86. The summed E-state index contributed by atoms with van der Waals surface area (Å²) in [5, 5.41) is 22.0. The molecule has 0 amide bonds. The van der Waals surface area contributed by atoms with Gasteiger partial charge >= 0.3 is 0 Å². The molecule has 0 aliphatic rings. The molecule has 2 atom stereocenters. The van der Waals surface area contributed by atoms with Gasteiger partial charge in [-0.05, 0) is 62.8 Å². The maximum Gasteiger partial charge on any atom is 0.175 e. The number of carbonyl (C=O) groups is 4. The summed E-state index contributed by atoms with van der Waals surface area (Å²) in [6.07, 6.45) is -0.0763. The fourth-order valence-corrected chi connectivity index (χ4v) is 6.36. The van der Waals surface area contributed by atoms with Crippen molar-refractivity contribution in [1.82, 2.24) is 0 Å². The third-order valence-electron chi connectivity index (χ3n) is 5.37. The van der Waals surface area contributed by atoms with Crippen LogP contribution in [-0.2, 0) is 19.2 Å². The van der Waals surface area contributed by atoms with Gasteiger partial charge in [0.2, 0.25) is 0 Å². The summed E-state index contributed by atoms with van der Waals surface area (Å²) < 4.78 is 0. The number of aliphatic hydroxyl groups excluding tert-OH is 2. The van der Waals surface area contributed by atoms with E-state index in [9.17, 15) is 29.4 Å². The van der Waals surface area contributed by atoms with E-state index in [0.717, 1.165) is 0 Å². The SMILES string of the molecule is C=C(C)C(=O)C(CC)(C(=O)C(=C)C)C(O)SSC(O)C(CC)(C(=O)C(=C)C)C(=O)C(=C)C. The summed E-state index contributed by atoms with van der Waals surface area (Å²) in [5.74, 6) is -2.55. The first-order valence-corrected chi connectivity index (χ1v) is 12.4. The summed E-state index contributed by atoms with van der Waals surface area (Å²) in [4.78, 5) is 51.8. The quantitative estimate of drug-likeness (QED) is 0.153. The molecule has 0 saturated carbocycles. The molecule has 32 heavy (non-hydrogen) atoms. The number of hydrogen-bond donors (Lipinski definition) is 2. The zero-order chi connectivity index (χ0) is 25.6. The van der Waals surface area contributed by atoms with Crippen LogP contribution >= 0.6 is 21.6 Å². The fraction of sp³-hybridized carbons (Fsp3) is 0.500. The summed E-state index contributed by atoms with van der Waals surface area (Å²) >= 11 is 0. The number of aliphatic hydroxyl groups is 2. The Morgan fingerprint density at radius 3 is 0.938 bits per heavy atom. The van der Waals surface area contributed by atoms with Gasteiger partial charge in [-0.1, -0.05) is 61.8 Å². The molecule has 0 rings (SSSR count). The van der Waals surface area contributed by atoms with Gasteiger partial charge in [0.15, 0.2) is 23.1 Å². The van der Waals surface area contributed by atoms with Gasteiger partial charge in [-0.15, -0.1) is 0 Å². The van der Waals surface area contributed by atoms with Crippen LogP contribution in [-0.4, -0.2) is 44.2 Å². The summed E-state index contributed by atoms with van der Waals surface area (Å²) in [6, 6.07) is 0. The maximum atomic E-state index is 12.9. The highest BCUT2D eigenvalue weighted by atomic mass is 33.1. The van der Waals surface area contributed by atoms with E-state index in [2.05, 4.69) is 26.3 Å². The van der Waals surface area contributed by atoms with Crippen LogP contribution in [0, 0.1) is 10.8 Å². The first-order valence-electron chi connectivity index (χ1n) is 10.1. The van der Waals surface area contributed by atoms with E-state index < -0.39 is 44.8 Å². The molecule has 0 bridgehead atoms. The molecular formula is C24H34O6S2. The Hall–Kier alpha value is -1.74. The summed E-state index contributed by atoms with van der Waals surface area (Å²) in [6.45, 7) is 23.4. The van der Waals surface area contributed by atoms with Gasteiger partial charge < -0.3 is 10.2 Å². The molecule has 0 aromatic rings. The van der Waals surface area contributed by atoms with E-state index in [1.54, 1.807) is 13.8 Å². The maximum absolute atomic E-state index is 12.9. The number of ketones is 4. The Labute approximate surface area is 198 Å². The molecule has 2 N–H and O–H groups in total. The van der Waals surface area contributed by atoms with Gasteiger partial charge in [-0.25, -0.2) is 0 Å². The first-order chi connectivity index (χ1) is 14.6. The topological polar surface area (TPSA) is 109 Å². The molecule has 0 aromatic heterocycles. The molecule has 6 nitrogen and oxygen atoms in total. The largest absolute Gasteiger partial charge is 0.380 e. The number of Topliss-reactive ketones (excluding diaryl/α,β-unsaturated/α-hetero) is 4. The van der Waals surface area contributed by atoms with Crippen LogP contribution in [0.2, 0.25) is 0 Å². The molecular weight excluding hydrogens is 448 g/mol. The standard InChI is InChI=1S/C24H34O6S2/c1-11-23(17(25)13(3)4,18(26)14(5)6)21(29)31-32-22(30)24(12-2,19(27)15(7)8)20(28)16(9)10/h21-22,29-30H,3,5,7,9,11-12H2,1-2,4,6,8,10H3. The molecule has 178 valence electrons. The smallest absolute Gasteiger partial charge is 0.175 e. The van der Waals surface area contributed by atoms with Gasteiger partial charge in [0.1, 0.15) is 21.7 Å². The van der Waals surface area contributed by atoms with E-state index in [-0.39, 0.29) is 35.1 Å². The van der Waals surface area contributed by atoms with Crippen LogP contribution in [0.3, 0.4) is 0 Å². The molecule has 0 aromatic carbocycles. The van der Waals surface area contributed by atoms with E-state index >= 15 is 0 Å². The number of allylic oxidation sites excluding steroid dienone is 4. The van der Waals surface area contributed by atoms with Crippen molar-refractivity contribution < 1.29 is 29.4 Å². The van der Waals surface area contributed by atoms with Crippen molar-refractivity contribution in [3.8, 4) is 0 Å². The lowest BCUT2D eigenvalue weighted by Crippen LogP contribution is -2.49. The lowest BCUT2D eigenvalue weighted by molar-refractivity contribution is -0.142. The molecule has 0 fully saturated rings. The molecule has 8 heteroatoms. The fourth-order valence-electron chi connectivity index (χ4n) is 3.44. The van der Waals surface area contributed by atoms with Crippen LogP contribution in [0.5, 0.6) is 0 Å². The molecule has 0 heterocycles. The van der Waals surface area contributed by atoms with Gasteiger partial charge in [0.05, 0.1) is 0 Å². The zero-order valence-corrected chi connectivity index (χ0v) is 21.4. The van der Waals surface area contributed by atoms with Gasteiger partial charge in [0, 0.05) is 0 Å². The Morgan fingerprint density at radius 1 is 0.625 bits per heavy atom.